The van der Waals surface area contributed by atoms with Gasteiger partial charge in [-0.3, -0.25) is 4.79 Å². The number of hydrogen-bond acceptors (Lipinski definition) is 3. The Morgan fingerprint density at radius 3 is 2.59 bits per heavy atom. The predicted octanol–water partition coefficient (Wildman–Crippen LogP) is 1.03. The number of hydrogen-bond donors (Lipinski definition) is 3. The molecule has 1 fully saturated rings. The molecule has 0 saturated heterocycles. The van der Waals surface area contributed by atoms with Gasteiger partial charge < -0.3 is 16.2 Å². The van der Waals surface area contributed by atoms with E-state index in [0.29, 0.717) is 19.5 Å². The van der Waals surface area contributed by atoms with Crippen LogP contribution < -0.4 is 11.1 Å². The summed E-state index contributed by atoms with van der Waals surface area (Å²) >= 11 is 0. The Hall–Kier alpha value is -0.610. The van der Waals surface area contributed by atoms with Gasteiger partial charge in [-0.05, 0) is 30.7 Å². The average molecular weight is 242 g/mol. The fourth-order valence-corrected chi connectivity index (χ4v) is 2.51. The van der Waals surface area contributed by atoms with Gasteiger partial charge in [-0.25, -0.2) is 0 Å². The van der Waals surface area contributed by atoms with Crippen LogP contribution in [0.2, 0.25) is 0 Å². The van der Waals surface area contributed by atoms with Crippen LogP contribution in [0.25, 0.3) is 0 Å². The first-order chi connectivity index (χ1) is 8.12. The lowest BCUT2D eigenvalue weighted by molar-refractivity contribution is -0.124. The zero-order valence-corrected chi connectivity index (χ0v) is 10.9. The maximum atomic E-state index is 11.8. The Labute approximate surface area is 104 Å². The summed E-state index contributed by atoms with van der Waals surface area (Å²) < 4.78 is 0. The summed E-state index contributed by atoms with van der Waals surface area (Å²) in [5.41, 5.74) is 5.88. The van der Waals surface area contributed by atoms with Crippen molar-refractivity contribution in [3.8, 4) is 0 Å². The molecule has 1 unspecified atom stereocenters. The molecule has 1 atom stereocenters. The average Bonchev–Trinajstić information content (AvgIpc) is 2.37. The van der Waals surface area contributed by atoms with Gasteiger partial charge in [0.05, 0.1) is 0 Å². The maximum absolute atomic E-state index is 11.8. The SMILES string of the molecule is CC(CO)CNC(=O)CC1(CN)CCCCC1. The Morgan fingerprint density at radius 2 is 2.06 bits per heavy atom. The van der Waals surface area contributed by atoms with Crippen molar-refractivity contribution in [3.05, 3.63) is 0 Å². The van der Waals surface area contributed by atoms with Crippen molar-refractivity contribution in [1.82, 2.24) is 5.32 Å². The Bertz CT molecular complexity index is 238. The Balaban J connectivity index is 2.37. The normalized spacial score (nSPS) is 20.9. The van der Waals surface area contributed by atoms with Crippen LogP contribution in [-0.4, -0.2) is 30.7 Å². The second-order valence-corrected chi connectivity index (χ2v) is 5.53. The van der Waals surface area contributed by atoms with Crippen LogP contribution in [0.4, 0.5) is 0 Å². The highest BCUT2D eigenvalue weighted by molar-refractivity contribution is 5.76. The van der Waals surface area contributed by atoms with E-state index in [-0.39, 0.29) is 23.8 Å². The van der Waals surface area contributed by atoms with Crippen molar-refractivity contribution in [2.24, 2.45) is 17.1 Å². The molecule has 1 aliphatic rings. The fourth-order valence-electron chi connectivity index (χ4n) is 2.51. The molecule has 1 amide bonds. The summed E-state index contributed by atoms with van der Waals surface area (Å²) in [6, 6.07) is 0. The molecule has 0 aromatic rings. The third-order valence-corrected chi connectivity index (χ3v) is 3.84. The monoisotopic (exact) mass is 242 g/mol. The molecule has 100 valence electrons. The van der Waals surface area contributed by atoms with E-state index in [9.17, 15) is 4.79 Å². The second-order valence-electron chi connectivity index (χ2n) is 5.53. The van der Waals surface area contributed by atoms with Gasteiger partial charge in [0.15, 0.2) is 0 Å². The lowest BCUT2D eigenvalue weighted by Crippen LogP contribution is -2.39. The molecule has 4 nitrogen and oxygen atoms in total. The summed E-state index contributed by atoms with van der Waals surface area (Å²) in [7, 11) is 0. The molecule has 4 heteroatoms. The fraction of sp³-hybridized carbons (Fsp3) is 0.923. The summed E-state index contributed by atoms with van der Waals surface area (Å²) in [4.78, 5) is 11.8. The van der Waals surface area contributed by atoms with Crippen LogP contribution in [-0.2, 0) is 4.79 Å². The van der Waals surface area contributed by atoms with Gasteiger partial charge in [0.2, 0.25) is 5.91 Å². The van der Waals surface area contributed by atoms with Gasteiger partial charge >= 0.3 is 0 Å². The molecular weight excluding hydrogens is 216 g/mol. The van der Waals surface area contributed by atoms with E-state index in [2.05, 4.69) is 5.32 Å². The van der Waals surface area contributed by atoms with Crippen LogP contribution in [0.15, 0.2) is 0 Å². The van der Waals surface area contributed by atoms with Gasteiger partial charge in [-0.1, -0.05) is 26.2 Å². The number of amides is 1. The van der Waals surface area contributed by atoms with Crippen molar-refractivity contribution in [3.63, 3.8) is 0 Å². The van der Waals surface area contributed by atoms with Crippen molar-refractivity contribution < 1.29 is 9.90 Å². The minimum atomic E-state index is 0.0325. The first kappa shape index (κ1) is 14.5. The number of aliphatic hydroxyl groups excluding tert-OH is 1. The lowest BCUT2D eigenvalue weighted by Gasteiger charge is -2.35. The van der Waals surface area contributed by atoms with Crippen LogP contribution in [0.3, 0.4) is 0 Å². The Kier molecular flexibility index (Phi) is 5.92. The molecule has 0 bridgehead atoms. The van der Waals surface area contributed by atoms with E-state index in [1.165, 1.54) is 19.3 Å². The molecule has 4 N–H and O–H groups in total. The number of rotatable bonds is 6. The van der Waals surface area contributed by atoms with E-state index in [1.807, 2.05) is 6.92 Å². The third kappa shape index (κ3) is 4.64. The molecule has 0 aromatic carbocycles. The highest BCUT2D eigenvalue weighted by Crippen LogP contribution is 2.38. The molecule has 1 aliphatic carbocycles. The molecule has 1 saturated carbocycles. The molecule has 0 radical (unpaired) electrons. The zero-order valence-electron chi connectivity index (χ0n) is 10.9. The molecule has 17 heavy (non-hydrogen) atoms. The third-order valence-electron chi connectivity index (χ3n) is 3.84. The van der Waals surface area contributed by atoms with E-state index in [1.54, 1.807) is 0 Å². The number of nitrogens with two attached hydrogens (primary N) is 1. The van der Waals surface area contributed by atoms with Gasteiger partial charge in [0, 0.05) is 19.6 Å². The highest BCUT2D eigenvalue weighted by atomic mass is 16.3. The summed E-state index contributed by atoms with van der Waals surface area (Å²) in [6.07, 6.45) is 6.35. The second kappa shape index (κ2) is 6.97. The maximum Gasteiger partial charge on any atom is 0.220 e. The summed E-state index contributed by atoms with van der Waals surface area (Å²) in [5, 5.41) is 11.8. The van der Waals surface area contributed by atoms with Crippen LogP contribution in [0.1, 0.15) is 45.4 Å². The van der Waals surface area contributed by atoms with Gasteiger partial charge in [-0.15, -0.1) is 0 Å². The standard InChI is InChI=1S/C13H26N2O2/c1-11(9-16)8-15-12(17)7-13(10-14)5-3-2-4-6-13/h11,16H,2-10,14H2,1H3,(H,15,17). The molecular formula is C13H26N2O2. The predicted molar refractivity (Wildman–Crippen MR) is 68.4 cm³/mol. The quantitative estimate of drug-likeness (QED) is 0.651. The van der Waals surface area contributed by atoms with Gasteiger partial charge in [0.25, 0.3) is 0 Å². The van der Waals surface area contributed by atoms with Crippen molar-refractivity contribution >= 4 is 5.91 Å². The molecule has 0 aromatic heterocycles. The van der Waals surface area contributed by atoms with E-state index in [0.717, 1.165) is 12.8 Å². The lowest BCUT2D eigenvalue weighted by atomic mass is 9.71. The summed E-state index contributed by atoms with van der Waals surface area (Å²) in [6.45, 7) is 3.19. The van der Waals surface area contributed by atoms with Crippen LogP contribution >= 0.6 is 0 Å². The minimum absolute atomic E-state index is 0.0325. The van der Waals surface area contributed by atoms with Crippen molar-refractivity contribution in [2.45, 2.75) is 45.4 Å². The minimum Gasteiger partial charge on any atom is -0.396 e. The van der Waals surface area contributed by atoms with Crippen molar-refractivity contribution in [2.75, 3.05) is 19.7 Å². The first-order valence-corrected chi connectivity index (χ1v) is 6.69. The van der Waals surface area contributed by atoms with Gasteiger partial charge in [-0.2, -0.15) is 0 Å². The topological polar surface area (TPSA) is 75.3 Å². The van der Waals surface area contributed by atoms with E-state index in [4.69, 9.17) is 10.8 Å². The number of nitrogens with one attached hydrogen (secondary N) is 1. The molecule has 0 heterocycles. The first-order valence-electron chi connectivity index (χ1n) is 6.69. The Morgan fingerprint density at radius 1 is 1.41 bits per heavy atom. The number of carbonyl (C=O) groups is 1. The van der Waals surface area contributed by atoms with E-state index < -0.39 is 0 Å². The molecule has 0 spiro atoms. The molecule has 0 aliphatic heterocycles. The van der Waals surface area contributed by atoms with Crippen molar-refractivity contribution in [1.29, 1.82) is 0 Å². The van der Waals surface area contributed by atoms with Crippen LogP contribution in [0, 0.1) is 11.3 Å². The van der Waals surface area contributed by atoms with Gasteiger partial charge in [0.1, 0.15) is 0 Å². The number of aliphatic hydroxyl groups is 1. The zero-order chi connectivity index (χ0) is 12.7. The highest BCUT2D eigenvalue weighted by Gasteiger charge is 2.32. The summed E-state index contributed by atoms with van der Waals surface area (Å²) in [5.74, 6) is 0.205. The van der Waals surface area contributed by atoms with E-state index >= 15 is 0 Å². The molecule has 1 rings (SSSR count). The smallest absolute Gasteiger partial charge is 0.220 e. The largest absolute Gasteiger partial charge is 0.396 e. The number of carbonyl (C=O) groups excluding carboxylic acids is 1. The van der Waals surface area contributed by atoms with Crippen LogP contribution in [0.5, 0.6) is 0 Å².